The lowest BCUT2D eigenvalue weighted by atomic mass is 9.97. The third-order valence-corrected chi connectivity index (χ3v) is 3.63. The summed E-state index contributed by atoms with van der Waals surface area (Å²) in [6.45, 7) is 6.86. The largest absolute Gasteiger partial charge is 0.368 e. The number of hydrogen-bond acceptors (Lipinski definition) is 5. The number of carbonyl (C=O) groups excluding carboxylic acids is 2. The van der Waals surface area contributed by atoms with Gasteiger partial charge in [0.2, 0.25) is 5.91 Å². The summed E-state index contributed by atoms with van der Waals surface area (Å²) in [6.07, 6.45) is 0.393. The first-order chi connectivity index (χ1) is 9.78. The molecule has 112 valence electrons. The number of nitrogens with zero attached hydrogens (tertiary/aromatic N) is 2. The molecule has 0 bridgehead atoms. The van der Waals surface area contributed by atoms with Crippen LogP contribution in [0.3, 0.4) is 0 Å². The minimum absolute atomic E-state index is 0.301. The molecule has 7 nitrogen and oxygen atoms in total. The van der Waals surface area contributed by atoms with E-state index in [1.54, 1.807) is 33.8 Å². The predicted molar refractivity (Wildman–Crippen MR) is 76.6 cm³/mol. The van der Waals surface area contributed by atoms with E-state index in [0.717, 1.165) is 0 Å². The maximum atomic E-state index is 12.5. The molecule has 0 unspecified atom stereocenters. The summed E-state index contributed by atoms with van der Waals surface area (Å²) in [5, 5.41) is 7.05. The van der Waals surface area contributed by atoms with E-state index < -0.39 is 17.4 Å². The molecule has 0 saturated carbocycles. The number of pyridine rings is 1. The minimum atomic E-state index is -1.11. The van der Waals surface area contributed by atoms with Crippen LogP contribution >= 0.6 is 0 Å². The lowest BCUT2D eigenvalue weighted by Gasteiger charge is -2.26. The molecular weight excluding hydrogens is 272 g/mol. The fourth-order valence-corrected chi connectivity index (χ4v) is 2.04. The average molecular weight is 290 g/mol. The molecule has 2 rings (SSSR count). The van der Waals surface area contributed by atoms with Crippen LogP contribution in [0, 0.1) is 13.8 Å². The van der Waals surface area contributed by atoms with Crippen LogP contribution < -0.4 is 11.1 Å². The lowest BCUT2D eigenvalue weighted by molar-refractivity contribution is -0.123. The van der Waals surface area contributed by atoms with Crippen LogP contribution in [0.25, 0.3) is 11.1 Å². The third kappa shape index (κ3) is 2.58. The summed E-state index contributed by atoms with van der Waals surface area (Å²) < 4.78 is 5.09. The van der Waals surface area contributed by atoms with E-state index in [1.165, 1.54) is 0 Å². The van der Waals surface area contributed by atoms with Gasteiger partial charge in [0.05, 0.1) is 16.6 Å². The van der Waals surface area contributed by atoms with Crippen molar-refractivity contribution < 1.29 is 14.1 Å². The molecule has 2 aromatic rings. The number of fused-ring (bicyclic) bond motifs is 1. The van der Waals surface area contributed by atoms with Gasteiger partial charge in [-0.2, -0.15) is 0 Å². The number of amides is 2. The molecule has 0 fully saturated rings. The highest BCUT2D eigenvalue weighted by Crippen LogP contribution is 2.22. The molecule has 0 spiro atoms. The monoisotopic (exact) mass is 290 g/mol. The highest BCUT2D eigenvalue weighted by atomic mass is 16.5. The van der Waals surface area contributed by atoms with Crippen molar-refractivity contribution in [1.29, 1.82) is 0 Å². The number of rotatable bonds is 4. The molecular formula is C14H18N4O3. The van der Waals surface area contributed by atoms with Crippen molar-refractivity contribution in [2.75, 3.05) is 0 Å². The van der Waals surface area contributed by atoms with Gasteiger partial charge in [0.1, 0.15) is 5.54 Å². The molecule has 2 amide bonds. The normalized spacial score (nSPS) is 13.9. The number of carbonyl (C=O) groups is 2. The van der Waals surface area contributed by atoms with Gasteiger partial charge in [-0.05, 0) is 33.3 Å². The quantitative estimate of drug-likeness (QED) is 0.879. The van der Waals surface area contributed by atoms with Gasteiger partial charge in [0.15, 0.2) is 0 Å². The van der Waals surface area contributed by atoms with Gasteiger partial charge >= 0.3 is 0 Å². The second-order valence-corrected chi connectivity index (χ2v) is 5.26. The summed E-state index contributed by atoms with van der Waals surface area (Å²) in [7, 11) is 0. The molecule has 0 radical (unpaired) electrons. The third-order valence-electron chi connectivity index (χ3n) is 3.63. The number of primary amides is 1. The second-order valence-electron chi connectivity index (χ2n) is 5.26. The number of nitrogens with two attached hydrogens (primary N) is 1. The first kappa shape index (κ1) is 15.0. The Morgan fingerprint density at radius 1 is 1.43 bits per heavy atom. The Bertz CT molecular complexity index is 722. The van der Waals surface area contributed by atoms with Gasteiger partial charge < -0.3 is 15.6 Å². The Labute approximate surface area is 121 Å². The van der Waals surface area contributed by atoms with Crippen LogP contribution in [-0.2, 0) is 4.79 Å². The van der Waals surface area contributed by atoms with Crippen molar-refractivity contribution in [1.82, 2.24) is 15.5 Å². The van der Waals surface area contributed by atoms with Crippen molar-refractivity contribution in [2.45, 2.75) is 39.7 Å². The molecule has 0 aromatic carbocycles. The summed E-state index contributed by atoms with van der Waals surface area (Å²) in [5.41, 5.74) is 6.13. The van der Waals surface area contributed by atoms with Gasteiger partial charge in [0.25, 0.3) is 11.6 Å². The Hall–Kier alpha value is -2.44. The summed E-state index contributed by atoms with van der Waals surface area (Å²) in [5.74, 6) is -0.984. The van der Waals surface area contributed by atoms with E-state index >= 15 is 0 Å². The SMILES string of the molecule is CC[C@](C)(NC(=O)c1cc(C)nc2onc(C)c12)C(N)=O. The fourth-order valence-electron chi connectivity index (χ4n) is 2.04. The molecule has 2 aromatic heterocycles. The zero-order chi connectivity index (χ0) is 15.8. The first-order valence-corrected chi connectivity index (χ1v) is 6.64. The van der Waals surface area contributed by atoms with Crippen LogP contribution in [0.15, 0.2) is 10.6 Å². The second kappa shape index (κ2) is 5.16. The Kier molecular flexibility index (Phi) is 3.67. The topological polar surface area (TPSA) is 111 Å². The van der Waals surface area contributed by atoms with Gasteiger partial charge in [-0.25, -0.2) is 4.98 Å². The summed E-state index contributed by atoms with van der Waals surface area (Å²) in [6, 6.07) is 1.64. The fraction of sp³-hybridized carbons (Fsp3) is 0.429. The minimum Gasteiger partial charge on any atom is -0.368 e. The van der Waals surface area contributed by atoms with E-state index in [1.807, 2.05) is 0 Å². The van der Waals surface area contributed by atoms with Crippen molar-refractivity contribution in [3.8, 4) is 0 Å². The zero-order valence-corrected chi connectivity index (χ0v) is 12.5. The lowest BCUT2D eigenvalue weighted by Crippen LogP contribution is -2.54. The van der Waals surface area contributed by atoms with Crippen molar-refractivity contribution >= 4 is 22.9 Å². The van der Waals surface area contributed by atoms with Crippen LogP contribution in [-0.4, -0.2) is 27.5 Å². The van der Waals surface area contributed by atoms with Crippen LogP contribution in [0.5, 0.6) is 0 Å². The standard InChI is InChI=1S/C14H18N4O3/c1-5-14(4,13(15)20)17-11(19)9-6-7(2)16-12-10(9)8(3)18-21-12/h6H,5H2,1-4H3,(H2,15,20)(H,17,19)/t14-/m0/s1. The molecule has 2 heterocycles. The highest BCUT2D eigenvalue weighted by molar-refractivity contribution is 6.07. The molecule has 7 heteroatoms. The maximum Gasteiger partial charge on any atom is 0.258 e. The number of nitrogens with one attached hydrogen (secondary N) is 1. The van der Waals surface area contributed by atoms with Gasteiger partial charge in [-0.1, -0.05) is 12.1 Å². The Morgan fingerprint density at radius 2 is 2.10 bits per heavy atom. The number of hydrogen-bond donors (Lipinski definition) is 2. The van der Waals surface area contributed by atoms with Gasteiger partial charge in [-0.15, -0.1) is 0 Å². The van der Waals surface area contributed by atoms with Crippen molar-refractivity contribution in [2.24, 2.45) is 5.73 Å². The summed E-state index contributed by atoms with van der Waals surface area (Å²) >= 11 is 0. The van der Waals surface area contributed by atoms with Crippen LogP contribution in [0.2, 0.25) is 0 Å². The summed E-state index contributed by atoms with van der Waals surface area (Å²) in [4.78, 5) is 28.2. The van der Waals surface area contributed by atoms with E-state index in [-0.39, 0.29) is 0 Å². The Balaban J connectivity index is 2.49. The smallest absolute Gasteiger partial charge is 0.258 e. The molecule has 0 saturated heterocycles. The molecule has 0 aliphatic rings. The first-order valence-electron chi connectivity index (χ1n) is 6.64. The molecule has 0 aliphatic carbocycles. The van der Waals surface area contributed by atoms with Crippen LogP contribution in [0.4, 0.5) is 0 Å². The molecule has 3 N–H and O–H groups in total. The number of aryl methyl sites for hydroxylation is 2. The highest BCUT2D eigenvalue weighted by Gasteiger charge is 2.32. The van der Waals surface area contributed by atoms with Gasteiger partial charge in [-0.3, -0.25) is 9.59 Å². The van der Waals surface area contributed by atoms with Crippen molar-refractivity contribution in [3.05, 3.63) is 23.0 Å². The van der Waals surface area contributed by atoms with E-state index in [9.17, 15) is 9.59 Å². The van der Waals surface area contributed by atoms with Gasteiger partial charge in [0, 0.05) is 5.69 Å². The molecule has 1 atom stereocenters. The molecule has 21 heavy (non-hydrogen) atoms. The van der Waals surface area contributed by atoms with E-state index in [2.05, 4.69) is 15.5 Å². The Morgan fingerprint density at radius 3 is 2.67 bits per heavy atom. The molecule has 0 aliphatic heterocycles. The van der Waals surface area contributed by atoms with Crippen molar-refractivity contribution in [3.63, 3.8) is 0 Å². The van der Waals surface area contributed by atoms with Crippen LogP contribution in [0.1, 0.15) is 42.0 Å². The average Bonchev–Trinajstić information content (AvgIpc) is 2.78. The predicted octanol–water partition coefficient (Wildman–Crippen LogP) is 1.22. The van der Waals surface area contributed by atoms with E-state index in [4.69, 9.17) is 10.3 Å². The zero-order valence-electron chi connectivity index (χ0n) is 12.5. The van der Waals surface area contributed by atoms with E-state index in [0.29, 0.717) is 34.5 Å². The number of aromatic nitrogens is 2. The maximum absolute atomic E-state index is 12.5.